The zero-order valence-corrected chi connectivity index (χ0v) is 17.1. The van der Waals surface area contributed by atoms with E-state index in [1.165, 1.54) is 0 Å². The molecule has 0 aromatic heterocycles. The molecule has 1 atom stereocenters. The number of hydrogen-bond donors (Lipinski definition) is 1. The first-order valence-corrected chi connectivity index (χ1v) is 10.2. The Morgan fingerprint density at radius 2 is 1.55 bits per heavy atom. The summed E-state index contributed by atoms with van der Waals surface area (Å²) in [7, 11) is -3.53. The quantitative estimate of drug-likeness (QED) is 0.620. The Balaban J connectivity index is 2.51. The Morgan fingerprint density at radius 3 is 2.07 bits per heavy atom. The predicted octanol–water partition coefficient (Wildman–Crippen LogP) is 2.81. The van der Waals surface area contributed by atoms with Gasteiger partial charge in [0.1, 0.15) is 6.61 Å². The SMILES string of the molecule is COC(=O)NS(=O)(=O)OCC(OC(C)C)(C(=O)c1ccccc1)c1ccccc1. The molecule has 0 radical (unpaired) electrons. The molecule has 2 aromatic rings. The van der Waals surface area contributed by atoms with Gasteiger partial charge in [0.2, 0.25) is 5.78 Å². The number of amides is 1. The molecule has 0 aliphatic heterocycles. The summed E-state index contributed by atoms with van der Waals surface area (Å²) in [5.41, 5.74) is -1.03. The molecular formula is C20H23NO7S. The maximum absolute atomic E-state index is 13.5. The van der Waals surface area contributed by atoms with Gasteiger partial charge in [0.15, 0.2) is 5.60 Å². The van der Waals surface area contributed by atoms with Crippen LogP contribution in [0.3, 0.4) is 0 Å². The molecule has 2 rings (SSSR count). The molecule has 156 valence electrons. The molecule has 0 spiro atoms. The minimum Gasteiger partial charge on any atom is -0.452 e. The van der Waals surface area contributed by atoms with E-state index in [1.54, 1.807) is 79.2 Å². The largest absolute Gasteiger partial charge is 0.452 e. The lowest BCUT2D eigenvalue weighted by atomic mass is 9.86. The molecule has 9 heteroatoms. The van der Waals surface area contributed by atoms with E-state index in [9.17, 15) is 18.0 Å². The molecule has 1 unspecified atom stereocenters. The van der Waals surface area contributed by atoms with Gasteiger partial charge in [-0.1, -0.05) is 60.7 Å². The van der Waals surface area contributed by atoms with Gasteiger partial charge in [0.05, 0.1) is 13.2 Å². The number of hydrogen-bond acceptors (Lipinski definition) is 7. The number of methoxy groups -OCH3 is 1. The summed E-state index contributed by atoms with van der Waals surface area (Å²) in [6.07, 6.45) is -1.66. The Hall–Kier alpha value is -2.75. The van der Waals surface area contributed by atoms with Gasteiger partial charge in [-0.15, -0.1) is 0 Å². The summed E-state index contributed by atoms with van der Waals surface area (Å²) >= 11 is 0. The summed E-state index contributed by atoms with van der Waals surface area (Å²) in [6, 6.07) is 16.8. The first-order valence-electron chi connectivity index (χ1n) is 8.78. The third-order valence-electron chi connectivity index (χ3n) is 3.89. The van der Waals surface area contributed by atoms with E-state index < -0.39 is 40.5 Å². The van der Waals surface area contributed by atoms with E-state index in [1.807, 2.05) is 0 Å². The van der Waals surface area contributed by atoms with Crippen molar-refractivity contribution >= 4 is 22.2 Å². The molecule has 1 N–H and O–H groups in total. The molecule has 8 nitrogen and oxygen atoms in total. The number of rotatable bonds is 9. The summed E-state index contributed by atoms with van der Waals surface area (Å²) in [5, 5.41) is 0. The third-order valence-corrected chi connectivity index (χ3v) is 4.74. The van der Waals surface area contributed by atoms with Gasteiger partial charge >= 0.3 is 16.4 Å². The number of nitrogens with one attached hydrogen (secondary N) is 1. The average molecular weight is 421 g/mol. The van der Waals surface area contributed by atoms with E-state index in [4.69, 9.17) is 8.92 Å². The van der Waals surface area contributed by atoms with Crippen molar-refractivity contribution in [2.75, 3.05) is 13.7 Å². The minimum absolute atomic E-state index is 0.318. The minimum atomic E-state index is -4.54. The number of carbonyl (C=O) groups is 2. The third kappa shape index (κ3) is 5.86. The van der Waals surface area contributed by atoms with Crippen molar-refractivity contribution in [1.29, 1.82) is 0 Å². The van der Waals surface area contributed by atoms with Crippen LogP contribution in [0.4, 0.5) is 4.79 Å². The number of benzene rings is 2. The first-order chi connectivity index (χ1) is 13.7. The lowest BCUT2D eigenvalue weighted by Gasteiger charge is -2.34. The molecular weight excluding hydrogens is 398 g/mol. The van der Waals surface area contributed by atoms with E-state index >= 15 is 0 Å². The van der Waals surface area contributed by atoms with Gasteiger partial charge in [-0.3, -0.25) is 4.79 Å². The van der Waals surface area contributed by atoms with Gasteiger partial charge in [-0.05, 0) is 19.4 Å². The van der Waals surface area contributed by atoms with Crippen LogP contribution in [0.1, 0.15) is 29.8 Å². The fourth-order valence-corrected chi connectivity index (χ4v) is 3.37. The van der Waals surface area contributed by atoms with E-state index in [0.717, 1.165) is 7.11 Å². The van der Waals surface area contributed by atoms with Crippen LogP contribution in [0.25, 0.3) is 0 Å². The van der Waals surface area contributed by atoms with Crippen LogP contribution in [0, 0.1) is 0 Å². The fraction of sp³-hybridized carbons (Fsp3) is 0.300. The lowest BCUT2D eigenvalue weighted by Crippen LogP contribution is -2.47. The Labute approximate surface area is 170 Å². The predicted molar refractivity (Wildman–Crippen MR) is 106 cm³/mol. The number of Topliss-reactive ketones (excluding diaryl/α,β-unsaturated/α-hetero) is 1. The summed E-state index contributed by atoms with van der Waals surface area (Å²) in [6.45, 7) is 2.75. The Bertz CT molecular complexity index is 930. The first kappa shape index (κ1) is 22.5. The molecule has 0 aliphatic rings. The van der Waals surface area contributed by atoms with Crippen LogP contribution in [0.15, 0.2) is 60.7 Å². The van der Waals surface area contributed by atoms with Crippen LogP contribution in [-0.2, 0) is 29.6 Å². The Morgan fingerprint density at radius 1 is 1.00 bits per heavy atom. The normalized spacial score (nSPS) is 13.5. The van der Waals surface area contributed by atoms with Crippen molar-refractivity contribution in [3.63, 3.8) is 0 Å². The fourth-order valence-electron chi connectivity index (χ4n) is 2.70. The molecule has 29 heavy (non-hydrogen) atoms. The van der Waals surface area contributed by atoms with Crippen LogP contribution >= 0.6 is 0 Å². The van der Waals surface area contributed by atoms with Crippen LogP contribution in [0.5, 0.6) is 0 Å². The van der Waals surface area contributed by atoms with E-state index in [-0.39, 0.29) is 0 Å². The molecule has 0 heterocycles. The van der Waals surface area contributed by atoms with Gasteiger partial charge in [-0.25, -0.2) is 8.98 Å². The summed E-state index contributed by atoms with van der Waals surface area (Å²) in [4.78, 5) is 24.8. The highest BCUT2D eigenvalue weighted by Gasteiger charge is 2.44. The Kier molecular flexibility index (Phi) is 7.49. The van der Waals surface area contributed by atoms with Crippen molar-refractivity contribution in [2.24, 2.45) is 0 Å². The van der Waals surface area contributed by atoms with Crippen molar-refractivity contribution in [3.05, 3.63) is 71.8 Å². The molecule has 0 saturated heterocycles. The number of carbonyl (C=O) groups excluding carboxylic acids is 2. The number of ketones is 1. The second kappa shape index (κ2) is 9.64. The highest BCUT2D eigenvalue weighted by molar-refractivity contribution is 7.85. The maximum atomic E-state index is 13.5. The molecule has 1 amide bonds. The topological polar surface area (TPSA) is 108 Å². The standard InChI is InChI=1S/C20H23NO7S/c1-15(2)28-20(17-12-8-5-9-13-17,18(22)16-10-6-4-7-11-16)14-27-29(24,25)21-19(23)26-3/h4-13,15H,14H2,1-3H3,(H,21,23). The monoisotopic (exact) mass is 421 g/mol. The smallest absolute Gasteiger partial charge is 0.422 e. The highest BCUT2D eigenvalue weighted by atomic mass is 32.2. The molecule has 0 aliphatic carbocycles. The van der Waals surface area contributed by atoms with Crippen LogP contribution in [0.2, 0.25) is 0 Å². The van der Waals surface area contributed by atoms with Crippen LogP contribution in [-0.4, -0.2) is 40.1 Å². The maximum Gasteiger partial charge on any atom is 0.422 e. The zero-order chi connectivity index (χ0) is 21.5. The van der Waals surface area contributed by atoms with Crippen molar-refractivity contribution in [1.82, 2.24) is 4.72 Å². The molecule has 0 saturated carbocycles. The van der Waals surface area contributed by atoms with Gasteiger partial charge in [0.25, 0.3) is 0 Å². The van der Waals surface area contributed by atoms with Gasteiger partial charge < -0.3 is 9.47 Å². The average Bonchev–Trinajstić information content (AvgIpc) is 2.71. The molecule has 2 aromatic carbocycles. The molecule has 0 fully saturated rings. The van der Waals surface area contributed by atoms with Crippen molar-refractivity contribution in [2.45, 2.75) is 25.6 Å². The molecule has 0 bridgehead atoms. The van der Waals surface area contributed by atoms with E-state index in [2.05, 4.69) is 4.74 Å². The second-order valence-corrected chi connectivity index (χ2v) is 7.71. The van der Waals surface area contributed by atoms with E-state index in [0.29, 0.717) is 11.1 Å². The van der Waals surface area contributed by atoms with Crippen LogP contribution < -0.4 is 4.72 Å². The highest BCUT2D eigenvalue weighted by Crippen LogP contribution is 2.32. The number of ether oxygens (including phenoxy) is 2. The van der Waals surface area contributed by atoms with Crippen molar-refractivity contribution < 1.29 is 31.7 Å². The van der Waals surface area contributed by atoms with Crippen molar-refractivity contribution in [3.8, 4) is 0 Å². The lowest BCUT2D eigenvalue weighted by molar-refractivity contribution is -0.0815. The summed E-state index contributed by atoms with van der Waals surface area (Å²) < 4.78 is 41.1. The van der Waals surface area contributed by atoms with Gasteiger partial charge in [-0.2, -0.15) is 13.1 Å². The summed E-state index contributed by atoms with van der Waals surface area (Å²) in [5.74, 6) is -0.480. The van der Waals surface area contributed by atoms with Gasteiger partial charge in [0, 0.05) is 5.56 Å². The zero-order valence-electron chi connectivity index (χ0n) is 16.3. The second-order valence-electron chi connectivity index (χ2n) is 6.36.